The van der Waals surface area contributed by atoms with Gasteiger partial charge in [-0.2, -0.15) is 0 Å². The highest BCUT2D eigenvalue weighted by Crippen LogP contribution is 2.37. The van der Waals surface area contributed by atoms with E-state index in [-0.39, 0.29) is 6.79 Å². The minimum absolute atomic E-state index is 0.251. The molecule has 94 valence electrons. The van der Waals surface area contributed by atoms with Crippen molar-refractivity contribution in [2.24, 2.45) is 0 Å². The Morgan fingerprint density at radius 1 is 1.21 bits per heavy atom. The summed E-state index contributed by atoms with van der Waals surface area (Å²) in [6.07, 6.45) is 3.52. The zero-order valence-electron chi connectivity index (χ0n) is 9.91. The Kier molecular flexibility index (Phi) is 1.94. The van der Waals surface area contributed by atoms with E-state index in [0.29, 0.717) is 23.0 Å². The lowest BCUT2D eigenvalue weighted by atomic mass is 10.1. The quantitative estimate of drug-likeness (QED) is 0.715. The molecule has 6 heteroatoms. The molecule has 1 aromatic carbocycles. The van der Waals surface area contributed by atoms with Crippen molar-refractivity contribution in [3.8, 4) is 22.8 Å². The van der Waals surface area contributed by atoms with Gasteiger partial charge in [-0.25, -0.2) is 9.97 Å². The lowest BCUT2D eigenvalue weighted by Crippen LogP contribution is -1.94. The van der Waals surface area contributed by atoms with Crippen LogP contribution in [0, 0.1) is 0 Å². The van der Waals surface area contributed by atoms with Crippen LogP contribution in [-0.4, -0.2) is 21.2 Å². The van der Waals surface area contributed by atoms with Gasteiger partial charge in [0.25, 0.3) is 0 Å². The molecule has 4 rings (SSSR count). The fraction of sp³-hybridized carbons (Fsp3) is 0.0769. The molecule has 0 unspecified atom stereocenters. The van der Waals surface area contributed by atoms with Crippen molar-refractivity contribution >= 4 is 11.6 Å². The van der Waals surface area contributed by atoms with Gasteiger partial charge in [-0.3, -0.25) is 4.40 Å². The van der Waals surface area contributed by atoms with Crippen LogP contribution in [0.15, 0.2) is 36.7 Å². The second-order valence-corrected chi connectivity index (χ2v) is 4.20. The van der Waals surface area contributed by atoms with E-state index >= 15 is 0 Å². The number of imidazole rings is 1. The van der Waals surface area contributed by atoms with Crippen LogP contribution in [-0.2, 0) is 0 Å². The van der Waals surface area contributed by atoms with E-state index in [1.165, 1.54) is 0 Å². The molecule has 0 amide bonds. The van der Waals surface area contributed by atoms with Crippen LogP contribution in [0.4, 0.5) is 5.82 Å². The van der Waals surface area contributed by atoms with Crippen molar-refractivity contribution < 1.29 is 9.47 Å². The van der Waals surface area contributed by atoms with Crippen molar-refractivity contribution in [1.29, 1.82) is 0 Å². The molecule has 2 aromatic heterocycles. The fourth-order valence-corrected chi connectivity index (χ4v) is 2.16. The Labute approximate surface area is 108 Å². The predicted molar refractivity (Wildman–Crippen MR) is 69.0 cm³/mol. The maximum Gasteiger partial charge on any atom is 0.235 e. The number of nitrogen functional groups attached to an aromatic ring is 1. The molecule has 3 heterocycles. The summed E-state index contributed by atoms with van der Waals surface area (Å²) in [4.78, 5) is 8.62. The molecule has 0 radical (unpaired) electrons. The average Bonchev–Trinajstić information content (AvgIpc) is 3.03. The summed E-state index contributed by atoms with van der Waals surface area (Å²) in [5.74, 6) is 2.58. The normalized spacial score (nSPS) is 13.1. The first-order chi connectivity index (χ1) is 9.33. The first kappa shape index (κ1) is 10.2. The number of nitrogens with two attached hydrogens (primary N) is 1. The molecular weight excluding hydrogens is 244 g/mol. The van der Waals surface area contributed by atoms with E-state index in [1.54, 1.807) is 10.6 Å². The average molecular weight is 254 g/mol. The lowest BCUT2D eigenvalue weighted by Gasteiger charge is -2.01. The Bertz CT molecular complexity index is 781. The minimum Gasteiger partial charge on any atom is -0.454 e. The summed E-state index contributed by atoms with van der Waals surface area (Å²) >= 11 is 0. The Morgan fingerprint density at radius 2 is 2.11 bits per heavy atom. The molecule has 0 fully saturated rings. The summed E-state index contributed by atoms with van der Waals surface area (Å²) in [6.45, 7) is 0.251. The summed E-state index contributed by atoms with van der Waals surface area (Å²) in [7, 11) is 0. The highest BCUT2D eigenvalue weighted by molar-refractivity contribution is 5.75. The zero-order valence-corrected chi connectivity index (χ0v) is 9.91. The number of fused-ring (bicyclic) bond motifs is 2. The van der Waals surface area contributed by atoms with E-state index in [1.807, 2.05) is 30.5 Å². The molecule has 19 heavy (non-hydrogen) atoms. The Hall–Kier alpha value is -2.76. The predicted octanol–water partition coefficient (Wildman–Crippen LogP) is 1.71. The number of benzene rings is 1. The largest absolute Gasteiger partial charge is 0.454 e. The number of hydrogen-bond donors (Lipinski definition) is 1. The third kappa shape index (κ3) is 1.43. The van der Waals surface area contributed by atoms with Gasteiger partial charge >= 0.3 is 0 Å². The van der Waals surface area contributed by atoms with Crippen molar-refractivity contribution in [2.45, 2.75) is 0 Å². The lowest BCUT2D eigenvalue weighted by molar-refractivity contribution is 0.174. The smallest absolute Gasteiger partial charge is 0.235 e. The Morgan fingerprint density at radius 3 is 3.00 bits per heavy atom. The van der Waals surface area contributed by atoms with Crippen LogP contribution in [0.25, 0.3) is 17.0 Å². The van der Waals surface area contributed by atoms with E-state index in [2.05, 4.69) is 9.97 Å². The van der Waals surface area contributed by atoms with Gasteiger partial charge in [0.15, 0.2) is 11.5 Å². The first-order valence-electron chi connectivity index (χ1n) is 5.81. The molecule has 1 aliphatic heterocycles. The highest BCUT2D eigenvalue weighted by atomic mass is 16.7. The number of hydrogen-bond acceptors (Lipinski definition) is 5. The van der Waals surface area contributed by atoms with Gasteiger partial charge in [0.05, 0.1) is 0 Å². The van der Waals surface area contributed by atoms with Gasteiger partial charge in [-0.05, 0) is 24.3 Å². The van der Waals surface area contributed by atoms with Gasteiger partial charge in [0.2, 0.25) is 12.6 Å². The van der Waals surface area contributed by atoms with E-state index in [4.69, 9.17) is 15.2 Å². The molecule has 2 N–H and O–H groups in total. The molecule has 3 aromatic rings. The van der Waals surface area contributed by atoms with Crippen molar-refractivity contribution in [3.05, 3.63) is 36.7 Å². The number of anilines is 1. The standard InChI is InChI=1S/C13H10N4O2/c14-12-11(16-13-15-4-1-5-17(12)13)8-2-3-9-10(6-8)19-7-18-9/h1-6H,7,14H2. The molecular formula is C13H10N4O2. The highest BCUT2D eigenvalue weighted by Gasteiger charge is 2.17. The summed E-state index contributed by atoms with van der Waals surface area (Å²) in [5, 5.41) is 0. The molecule has 0 spiro atoms. The van der Waals surface area contributed by atoms with Gasteiger partial charge in [-0.1, -0.05) is 0 Å². The van der Waals surface area contributed by atoms with E-state index in [9.17, 15) is 0 Å². The van der Waals surface area contributed by atoms with Crippen LogP contribution >= 0.6 is 0 Å². The number of nitrogens with zero attached hydrogens (tertiary/aromatic N) is 3. The Balaban J connectivity index is 1.92. The van der Waals surface area contributed by atoms with Crippen LogP contribution in [0.2, 0.25) is 0 Å². The summed E-state index contributed by atoms with van der Waals surface area (Å²) < 4.78 is 12.4. The zero-order chi connectivity index (χ0) is 12.8. The van der Waals surface area contributed by atoms with Crippen molar-refractivity contribution in [3.63, 3.8) is 0 Å². The van der Waals surface area contributed by atoms with Crippen LogP contribution < -0.4 is 15.2 Å². The molecule has 0 aliphatic carbocycles. The SMILES string of the molecule is Nc1c(-c2ccc3c(c2)OCO3)nc2ncccn12. The molecule has 0 bridgehead atoms. The van der Waals surface area contributed by atoms with Gasteiger partial charge in [0, 0.05) is 18.0 Å². The molecule has 0 saturated heterocycles. The minimum atomic E-state index is 0.251. The van der Waals surface area contributed by atoms with Gasteiger partial charge in [0.1, 0.15) is 11.5 Å². The number of rotatable bonds is 1. The summed E-state index contributed by atoms with van der Waals surface area (Å²) in [6, 6.07) is 7.45. The summed E-state index contributed by atoms with van der Waals surface area (Å²) in [5.41, 5.74) is 7.68. The van der Waals surface area contributed by atoms with Gasteiger partial charge < -0.3 is 15.2 Å². The number of aromatic nitrogens is 3. The second-order valence-electron chi connectivity index (χ2n) is 4.20. The molecule has 0 atom stereocenters. The first-order valence-corrected chi connectivity index (χ1v) is 5.81. The maximum atomic E-state index is 6.10. The molecule has 1 aliphatic rings. The van der Waals surface area contributed by atoms with E-state index in [0.717, 1.165) is 11.3 Å². The van der Waals surface area contributed by atoms with E-state index < -0.39 is 0 Å². The monoisotopic (exact) mass is 254 g/mol. The maximum absolute atomic E-state index is 6.10. The van der Waals surface area contributed by atoms with Crippen LogP contribution in [0.1, 0.15) is 0 Å². The topological polar surface area (TPSA) is 74.7 Å². The van der Waals surface area contributed by atoms with Crippen LogP contribution in [0.3, 0.4) is 0 Å². The third-order valence-corrected chi connectivity index (χ3v) is 3.09. The van der Waals surface area contributed by atoms with Crippen LogP contribution in [0.5, 0.6) is 11.5 Å². The van der Waals surface area contributed by atoms with Crippen molar-refractivity contribution in [1.82, 2.24) is 14.4 Å². The second kappa shape index (κ2) is 3.61. The molecule has 6 nitrogen and oxygen atoms in total. The fourth-order valence-electron chi connectivity index (χ4n) is 2.16. The number of ether oxygens (including phenoxy) is 2. The van der Waals surface area contributed by atoms with Gasteiger partial charge in [-0.15, -0.1) is 0 Å². The molecule has 0 saturated carbocycles. The van der Waals surface area contributed by atoms with Crippen molar-refractivity contribution in [2.75, 3.05) is 12.5 Å². The third-order valence-electron chi connectivity index (χ3n) is 3.09.